The number of nitrogens with one attached hydrogen (secondary N) is 1. The Morgan fingerprint density at radius 1 is 1.08 bits per heavy atom. The molecule has 1 atom stereocenters. The zero-order valence-electron chi connectivity index (χ0n) is 15.5. The number of thiophene rings is 1. The van der Waals surface area contributed by atoms with Gasteiger partial charge in [0.1, 0.15) is 5.54 Å². The van der Waals surface area contributed by atoms with Gasteiger partial charge in [0.05, 0.1) is 0 Å². The molecule has 4 nitrogen and oxygen atoms in total. The first kappa shape index (κ1) is 20.2. The Labute approximate surface area is 159 Å². The molecule has 140 valence electrons. The lowest BCUT2D eigenvalue weighted by Gasteiger charge is -2.26. The maximum absolute atomic E-state index is 12.5. The number of carboxylic acids is 1. The molecule has 2 N–H and O–H groups in total. The van der Waals surface area contributed by atoms with Gasteiger partial charge in [-0.2, -0.15) is 11.3 Å². The minimum absolute atomic E-state index is 0.340. The molecule has 26 heavy (non-hydrogen) atoms. The molecule has 5 heteroatoms. The third kappa shape index (κ3) is 5.70. The second-order valence-corrected chi connectivity index (χ2v) is 7.66. The van der Waals surface area contributed by atoms with Crippen LogP contribution in [-0.2, 0) is 17.6 Å². The Morgan fingerprint density at radius 2 is 1.77 bits per heavy atom. The molecule has 0 saturated carbocycles. The Balaban J connectivity index is 1.96. The lowest BCUT2D eigenvalue weighted by Crippen LogP contribution is -2.52. The molecule has 1 heterocycles. The first-order chi connectivity index (χ1) is 12.4. The van der Waals surface area contributed by atoms with Crippen LogP contribution in [0.1, 0.15) is 61.0 Å². The van der Waals surface area contributed by atoms with Crippen molar-refractivity contribution < 1.29 is 14.7 Å². The minimum Gasteiger partial charge on any atom is -0.480 e. The molecule has 2 rings (SSSR count). The number of carboxylic acid groups (broad SMARTS) is 1. The average molecular weight is 374 g/mol. The maximum Gasteiger partial charge on any atom is 0.329 e. The van der Waals surface area contributed by atoms with Crippen LogP contribution < -0.4 is 5.32 Å². The van der Waals surface area contributed by atoms with Gasteiger partial charge < -0.3 is 10.4 Å². The quantitative estimate of drug-likeness (QED) is 0.635. The van der Waals surface area contributed by atoms with Crippen LogP contribution in [0.5, 0.6) is 0 Å². The van der Waals surface area contributed by atoms with Crippen LogP contribution in [0.3, 0.4) is 0 Å². The molecule has 0 aliphatic heterocycles. The van der Waals surface area contributed by atoms with E-state index in [0.29, 0.717) is 18.4 Å². The second kappa shape index (κ2) is 9.53. The largest absolute Gasteiger partial charge is 0.480 e. The van der Waals surface area contributed by atoms with Crippen molar-refractivity contribution in [2.45, 2.75) is 57.9 Å². The summed E-state index contributed by atoms with van der Waals surface area (Å²) in [5, 5.41) is 16.4. The van der Waals surface area contributed by atoms with E-state index < -0.39 is 11.5 Å². The van der Waals surface area contributed by atoms with Crippen LogP contribution >= 0.6 is 11.3 Å². The van der Waals surface area contributed by atoms with E-state index in [0.717, 1.165) is 25.7 Å². The van der Waals surface area contributed by atoms with E-state index in [9.17, 15) is 14.7 Å². The van der Waals surface area contributed by atoms with Gasteiger partial charge in [0.25, 0.3) is 5.91 Å². The molecular weight excluding hydrogens is 346 g/mol. The number of carbonyl (C=O) groups is 2. The highest BCUT2D eigenvalue weighted by Crippen LogP contribution is 2.18. The van der Waals surface area contributed by atoms with Gasteiger partial charge in [-0.15, -0.1) is 0 Å². The highest BCUT2D eigenvalue weighted by Gasteiger charge is 2.34. The van der Waals surface area contributed by atoms with Crippen molar-refractivity contribution in [2.24, 2.45) is 0 Å². The predicted molar refractivity (Wildman–Crippen MR) is 106 cm³/mol. The van der Waals surface area contributed by atoms with Gasteiger partial charge in [-0.25, -0.2) is 4.79 Å². The fourth-order valence-electron chi connectivity index (χ4n) is 2.83. The summed E-state index contributed by atoms with van der Waals surface area (Å²) in [5.74, 6) is -1.34. The number of carbonyl (C=O) groups excluding carboxylic acids is 1. The number of amides is 1. The van der Waals surface area contributed by atoms with E-state index in [1.54, 1.807) is 30.4 Å². The number of benzene rings is 1. The summed E-state index contributed by atoms with van der Waals surface area (Å²) in [6, 6.07) is 9.47. The van der Waals surface area contributed by atoms with Gasteiger partial charge in [0.2, 0.25) is 0 Å². The highest BCUT2D eigenvalue weighted by atomic mass is 32.1. The van der Waals surface area contributed by atoms with Crippen LogP contribution in [0.4, 0.5) is 0 Å². The van der Waals surface area contributed by atoms with Crippen LogP contribution in [0, 0.1) is 0 Å². The normalized spacial score (nSPS) is 13.2. The first-order valence-corrected chi connectivity index (χ1v) is 10.0. The van der Waals surface area contributed by atoms with Crippen molar-refractivity contribution in [3.8, 4) is 0 Å². The molecular formula is C21H27NO3S. The van der Waals surface area contributed by atoms with E-state index in [1.165, 1.54) is 11.1 Å². The molecule has 0 aliphatic carbocycles. The lowest BCUT2D eigenvalue weighted by atomic mass is 9.93. The molecule has 0 bridgehead atoms. The van der Waals surface area contributed by atoms with Crippen molar-refractivity contribution in [3.63, 3.8) is 0 Å². The molecule has 1 amide bonds. The summed E-state index contributed by atoms with van der Waals surface area (Å²) in [4.78, 5) is 24.2. The molecule has 1 unspecified atom stereocenters. The zero-order chi connectivity index (χ0) is 19.0. The first-order valence-electron chi connectivity index (χ1n) is 9.10. The number of aliphatic carboxylic acids is 1. The van der Waals surface area contributed by atoms with Gasteiger partial charge in [0, 0.05) is 5.56 Å². The van der Waals surface area contributed by atoms with Crippen LogP contribution in [0.2, 0.25) is 0 Å². The second-order valence-electron chi connectivity index (χ2n) is 6.88. The van der Waals surface area contributed by atoms with Crippen LogP contribution in [0.15, 0.2) is 41.1 Å². The van der Waals surface area contributed by atoms with E-state index >= 15 is 0 Å². The summed E-state index contributed by atoms with van der Waals surface area (Å²) in [5.41, 5.74) is 1.63. The monoisotopic (exact) mass is 373 g/mol. The van der Waals surface area contributed by atoms with Gasteiger partial charge in [-0.3, -0.25) is 4.79 Å². The molecule has 1 aromatic carbocycles. The molecule has 0 spiro atoms. The number of rotatable bonds is 10. The SMILES string of the molecule is CCCCc1ccc(C(=O)NC(C)(CCCc2ccsc2)C(=O)O)cc1. The minimum atomic E-state index is -1.27. The predicted octanol–water partition coefficient (Wildman–Crippen LogP) is 4.69. The van der Waals surface area contributed by atoms with Crippen LogP contribution in [-0.4, -0.2) is 22.5 Å². The molecule has 0 fully saturated rings. The fourth-order valence-corrected chi connectivity index (χ4v) is 3.53. The van der Waals surface area contributed by atoms with E-state index in [2.05, 4.69) is 17.6 Å². The van der Waals surface area contributed by atoms with Gasteiger partial charge in [0.15, 0.2) is 0 Å². The fraction of sp³-hybridized carbons (Fsp3) is 0.429. The molecule has 2 aromatic rings. The third-order valence-corrected chi connectivity index (χ3v) is 5.35. The Kier molecular flexibility index (Phi) is 7.39. The van der Waals surface area contributed by atoms with E-state index in [1.807, 2.05) is 23.6 Å². The number of hydrogen-bond acceptors (Lipinski definition) is 3. The Bertz CT molecular complexity index is 709. The van der Waals surface area contributed by atoms with Crippen molar-refractivity contribution >= 4 is 23.2 Å². The van der Waals surface area contributed by atoms with Crippen molar-refractivity contribution in [3.05, 3.63) is 57.8 Å². The van der Waals surface area contributed by atoms with Gasteiger partial charge >= 0.3 is 5.97 Å². The third-order valence-electron chi connectivity index (χ3n) is 4.62. The number of hydrogen-bond donors (Lipinski definition) is 2. The molecule has 0 aliphatic rings. The smallest absolute Gasteiger partial charge is 0.329 e. The topological polar surface area (TPSA) is 66.4 Å². The van der Waals surface area contributed by atoms with Crippen molar-refractivity contribution in [1.82, 2.24) is 5.32 Å². The summed E-state index contributed by atoms with van der Waals surface area (Å²) in [6.07, 6.45) is 5.15. The Hall–Kier alpha value is -2.14. The lowest BCUT2D eigenvalue weighted by molar-refractivity contribution is -0.144. The summed E-state index contributed by atoms with van der Waals surface area (Å²) in [6.45, 7) is 3.73. The van der Waals surface area contributed by atoms with Gasteiger partial charge in [-0.05, 0) is 79.1 Å². The van der Waals surface area contributed by atoms with Crippen LogP contribution in [0.25, 0.3) is 0 Å². The van der Waals surface area contributed by atoms with Crippen molar-refractivity contribution in [1.29, 1.82) is 0 Å². The summed E-state index contributed by atoms with van der Waals surface area (Å²) in [7, 11) is 0. The summed E-state index contributed by atoms with van der Waals surface area (Å²) >= 11 is 1.63. The highest BCUT2D eigenvalue weighted by molar-refractivity contribution is 7.07. The summed E-state index contributed by atoms with van der Waals surface area (Å²) < 4.78 is 0. The molecule has 0 saturated heterocycles. The van der Waals surface area contributed by atoms with Crippen molar-refractivity contribution in [2.75, 3.05) is 0 Å². The van der Waals surface area contributed by atoms with E-state index in [4.69, 9.17) is 0 Å². The van der Waals surface area contributed by atoms with E-state index in [-0.39, 0.29) is 5.91 Å². The van der Waals surface area contributed by atoms with Gasteiger partial charge in [-0.1, -0.05) is 25.5 Å². The maximum atomic E-state index is 12.5. The molecule has 1 aromatic heterocycles. The number of aryl methyl sites for hydroxylation is 2. The number of unbranched alkanes of at least 4 members (excludes halogenated alkanes) is 1. The Morgan fingerprint density at radius 3 is 2.35 bits per heavy atom. The average Bonchev–Trinajstić information content (AvgIpc) is 3.13. The standard InChI is InChI=1S/C21H27NO3S/c1-3-4-6-16-8-10-18(11-9-16)19(23)22-21(2,20(24)25)13-5-7-17-12-14-26-15-17/h8-12,14-15H,3-7,13H2,1-2H3,(H,22,23)(H,24,25). The zero-order valence-corrected chi connectivity index (χ0v) is 16.3. The molecule has 0 radical (unpaired) electrons.